The highest BCUT2D eigenvalue weighted by molar-refractivity contribution is 7.80. The number of nitrogens with one attached hydrogen (secondary N) is 1. The van der Waals surface area contributed by atoms with Crippen molar-refractivity contribution in [3.8, 4) is 0 Å². The fourth-order valence-electron chi connectivity index (χ4n) is 3.23. The first kappa shape index (κ1) is 13.1. The van der Waals surface area contributed by atoms with Gasteiger partial charge in [-0.1, -0.05) is 26.2 Å². The van der Waals surface area contributed by atoms with Crippen molar-refractivity contribution in [3.63, 3.8) is 0 Å². The second-order valence-corrected chi connectivity index (χ2v) is 5.95. The Hall–Kier alpha value is -0.310. The molecule has 2 aliphatic rings. The molecule has 0 bridgehead atoms. The summed E-state index contributed by atoms with van der Waals surface area (Å²) in [5.41, 5.74) is 0. The topological polar surface area (TPSA) is 15.3 Å². The lowest BCUT2D eigenvalue weighted by Crippen LogP contribution is -2.50. The predicted octanol–water partition coefficient (Wildman–Crippen LogP) is 3.46. The minimum atomic E-state index is 0.659. The molecule has 0 aromatic rings. The summed E-state index contributed by atoms with van der Waals surface area (Å²) >= 11 is 5.62. The average Bonchev–Trinajstić information content (AvgIpc) is 2.83. The summed E-state index contributed by atoms with van der Waals surface area (Å²) in [5.74, 6) is 0. The van der Waals surface area contributed by atoms with E-state index in [-0.39, 0.29) is 0 Å². The third kappa shape index (κ3) is 3.57. The first-order chi connectivity index (χ1) is 8.31. The molecule has 3 heteroatoms. The summed E-state index contributed by atoms with van der Waals surface area (Å²) in [6.07, 6.45) is 12.0. The second kappa shape index (κ2) is 6.58. The van der Waals surface area contributed by atoms with Crippen LogP contribution in [-0.4, -0.2) is 28.6 Å². The van der Waals surface area contributed by atoms with Crippen LogP contribution < -0.4 is 5.32 Å². The van der Waals surface area contributed by atoms with Crippen molar-refractivity contribution in [2.24, 2.45) is 0 Å². The van der Waals surface area contributed by atoms with E-state index in [1.165, 1.54) is 64.3 Å². The van der Waals surface area contributed by atoms with E-state index in [1.807, 2.05) is 0 Å². The van der Waals surface area contributed by atoms with Crippen molar-refractivity contribution in [2.45, 2.75) is 76.8 Å². The highest BCUT2D eigenvalue weighted by atomic mass is 32.1. The summed E-state index contributed by atoms with van der Waals surface area (Å²) in [6, 6.07) is 1.36. The molecule has 0 spiro atoms. The average molecular weight is 254 g/mol. The Morgan fingerprint density at radius 3 is 2.59 bits per heavy atom. The minimum Gasteiger partial charge on any atom is -0.360 e. The van der Waals surface area contributed by atoms with E-state index in [2.05, 4.69) is 17.1 Å². The van der Waals surface area contributed by atoms with Crippen LogP contribution in [0.15, 0.2) is 0 Å². The summed E-state index contributed by atoms with van der Waals surface area (Å²) in [6.45, 7) is 3.45. The monoisotopic (exact) mass is 254 g/mol. The molecule has 1 saturated carbocycles. The minimum absolute atomic E-state index is 0.659. The van der Waals surface area contributed by atoms with Gasteiger partial charge in [0.1, 0.15) is 0 Å². The molecule has 1 heterocycles. The van der Waals surface area contributed by atoms with Gasteiger partial charge in [-0.05, 0) is 50.7 Å². The molecule has 0 aromatic heterocycles. The van der Waals surface area contributed by atoms with Gasteiger partial charge < -0.3 is 10.2 Å². The Bertz CT molecular complexity index is 247. The number of piperidine rings is 1. The number of hydrogen-bond donors (Lipinski definition) is 1. The van der Waals surface area contributed by atoms with E-state index in [0.717, 1.165) is 5.11 Å². The third-order valence-corrected chi connectivity index (χ3v) is 4.55. The maximum atomic E-state index is 5.62. The van der Waals surface area contributed by atoms with Gasteiger partial charge in [0.15, 0.2) is 5.11 Å². The van der Waals surface area contributed by atoms with Crippen molar-refractivity contribution < 1.29 is 0 Å². The SMILES string of the molecule is CCCC1CCCCN1C(=S)NC1CCCC1. The molecule has 1 aliphatic heterocycles. The van der Waals surface area contributed by atoms with Gasteiger partial charge >= 0.3 is 0 Å². The number of thiocarbonyl (C=S) groups is 1. The van der Waals surface area contributed by atoms with Gasteiger partial charge in [-0.3, -0.25) is 0 Å². The van der Waals surface area contributed by atoms with E-state index in [1.54, 1.807) is 0 Å². The Kier molecular flexibility index (Phi) is 5.08. The zero-order valence-electron chi connectivity index (χ0n) is 11.1. The van der Waals surface area contributed by atoms with Crippen molar-refractivity contribution in [3.05, 3.63) is 0 Å². The summed E-state index contributed by atoms with van der Waals surface area (Å²) in [7, 11) is 0. The number of rotatable bonds is 3. The molecular formula is C14H26N2S. The summed E-state index contributed by atoms with van der Waals surface area (Å²) in [4.78, 5) is 2.47. The molecule has 98 valence electrons. The van der Waals surface area contributed by atoms with Crippen LogP contribution >= 0.6 is 12.2 Å². The Morgan fingerprint density at radius 1 is 1.18 bits per heavy atom. The summed E-state index contributed by atoms with van der Waals surface area (Å²) in [5, 5.41) is 4.63. The molecule has 0 radical (unpaired) electrons. The predicted molar refractivity (Wildman–Crippen MR) is 77.2 cm³/mol. The number of likely N-dealkylation sites (tertiary alicyclic amines) is 1. The van der Waals surface area contributed by atoms with E-state index >= 15 is 0 Å². The quantitative estimate of drug-likeness (QED) is 0.777. The largest absolute Gasteiger partial charge is 0.360 e. The van der Waals surface area contributed by atoms with Crippen molar-refractivity contribution in [1.29, 1.82) is 0 Å². The van der Waals surface area contributed by atoms with Crippen LogP contribution in [0, 0.1) is 0 Å². The van der Waals surface area contributed by atoms with Crippen LogP contribution in [0.4, 0.5) is 0 Å². The van der Waals surface area contributed by atoms with Crippen LogP contribution in [-0.2, 0) is 0 Å². The maximum Gasteiger partial charge on any atom is 0.169 e. The van der Waals surface area contributed by atoms with Crippen LogP contribution in [0.5, 0.6) is 0 Å². The molecule has 2 fully saturated rings. The zero-order chi connectivity index (χ0) is 12.1. The molecule has 2 nitrogen and oxygen atoms in total. The number of hydrogen-bond acceptors (Lipinski definition) is 1. The van der Waals surface area contributed by atoms with Crippen molar-refractivity contribution in [1.82, 2.24) is 10.2 Å². The zero-order valence-corrected chi connectivity index (χ0v) is 11.9. The molecule has 1 atom stereocenters. The fraction of sp³-hybridized carbons (Fsp3) is 0.929. The Labute approximate surface area is 111 Å². The summed E-state index contributed by atoms with van der Waals surface area (Å²) < 4.78 is 0. The fourth-order valence-corrected chi connectivity index (χ4v) is 3.64. The van der Waals surface area contributed by atoms with Gasteiger partial charge in [0, 0.05) is 18.6 Å². The smallest absolute Gasteiger partial charge is 0.169 e. The highest BCUT2D eigenvalue weighted by Gasteiger charge is 2.25. The number of nitrogens with zero attached hydrogens (tertiary/aromatic N) is 1. The molecule has 0 amide bonds. The molecule has 1 saturated heterocycles. The van der Waals surface area contributed by atoms with Crippen LogP contribution in [0.1, 0.15) is 64.7 Å². The van der Waals surface area contributed by atoms with Crippen LogP contribution in [0.3, 0.4) is 0 Å². The van der Waals surface area contributed by atoms with Crippen LogP contribution in [0.2, 0.25) is 0 Å². The van der Waals surface area contributed by atoms with Gasteiger partial charge in [-0.25, -0.2) is 0 Å². The highest BCUT2D eigenvalue weighted by Crippen LogP contribution is 2.22. The molecule has 1 aliphatic carbocycles. The molecule has 1 unspecified atom stereocenters. The standard InChI is InChI=1S/C14H26N2S/c1-2-7-13-10-5-6-11-16(13)14(17)15-12-8-3-4-9-12/h12-13H,2-11H2,1H3,(H,15,17). The second-order valence-electron chi connectivity index (χ2n) is 5.56. The normalized spacial score (nSPS) is 26.2. The Morgan fingerprint density at radius 2 is 1.88 bits per heavy atom. The van der Waals surface area contributed by atoms with Crippen molar-refractivity contribution >= 4 is 17.3 Å². The van der Waals surface area contributed by atoms with Crippen molar-refractivity contribution in [2.75, 3.05) is 6.54 Å². The van der Waals surface area contributed by atoms with E-state index in [4.69, 9.17) is 12.2 Å². The van der Waals surface area contributed by atoms with Gasteiger partial charge in [0.25, 0.3) is 0 Å². The molecule has 17 heavy (non-hydrogen) atoms. The lowest BCUT2D eigenvalue weighted by molar-refractivity contribution is 0.224. The maximum absolute atomic E-state index is 5.62. The first-order valence-corrected chi connectivity index (χ1v) is 7.79. The lowest BCUT2D eigenvalue weighted by atomic mass is 9.99. The first-order valence-electron chi connectivity index (χ1n) is 7.38. The van der Waals surface area contributed by atoms with E-state index in [0.29, 0.717) is 12.1 Å². The molecule has 2 rings (SSSR count). The third-order valence-electron chi connectivity index (χ3n) is 4.19. The van der Waals surface area contributed by atoms with E-state index in [9.17, 15) is 0 Å². The van der Waals surface area contributed by atoms with Gasteiger partial charge in [-0.2, -0.15) is 0 Å². The van der Waals surface area contributed by atoms with E-state index < -0.39 is 0 Å². The van der Waals surface area contributed by atoms with Gasteiger partial charge in [0.05, 0.1) is 0 Å². The molecular weight excluding hydrogens is 228 g/mol. The Balaban J connectivity index is 1.86. The van der Waals surface area contributed by atoms with Crippen LogP contribution in [0.25, 0.3) is 0 Å². The van der Waals surface area contributed by atoms with Gasteiger partial charge in [-0.15, -0.1) is 0 Å². The van der Waals surface area contributed by atoms with Gasteiger partial charge in [0.2, 0.25) is 0 Å². The lowest BCUT2D eigenvalue weighted by Gasteiger charge is -2.38. The molecule has 0 aromatic carbocycles. The molecule has 1 N–H and O–H groups in total.